The predicted molar refractivity (Wildman–Crippen MR) is 28.0 cm³/mol. The molecule has 1 aliphatic rings. The predicted octanol–water partition coefficient (Wildman–Crippen LogP) is 1.23. The first-order chi connectivity index (χ1) is 3.38. The van der Waals surface area contributed by atoms with Gasteiger partial charge in [-0.3, -0.25) is 0 Å². The molecule has 0 amide bonds. The minimum atomic E-state index is 0.435. The molecule has 0 radical (unpaired) electrons. The van der Waals surface area contributed by atoms with Crippen LogP contribution in [0, 0.1) is 11.8 Å². The summed E-state index contributed by atoms with van der Waals surface area (Å²) in [6.45, 7) is 2.13. The number of rotatable bonds is 2. The van der Waals surface area contributed by atoms with Gasteiger partial charge in [0.05, 0.1) is 0 Å². The van der Waals surface area contributed by atoms with Gasteiger partial charge in [0.15, 0.2) is 0 Å². The zero-order chi connectivity index (χ0) is 5.28. The van der Waals surface area contributed by atoms with Crippen molar-refractivity contribution in [3.05, 3.63) is 0 Å². The van der Waals surface area contributed by atoms with Gasteiger partial charge in [0.25, 0.3) is 0 Å². The minimum absolute atomic E-state index is 0.435. The highest BCUT2D eigenvalue weighted by Gasteiger charge is 2.34. The van der Waals surface area contributed by atoms with Crippen molar-refractivity contribution in [3.63, 3.8) is 0 Å². The molecule has 0 unspecified atom stereocenters. The maximum absolute atomic E-state index is 9.94. The first-order valence-corrected chi connectivity index (χ1v) is 2.83. The third-order valence-electron chi connectivity index (χ3n) is 1.68. The Balaban J connectivity index is 2.17. The molecule has 0 heterocycles. The molecule has 0 saturated heterocycles. The van der Waals surface area contributed by atoms with Crippen LogP contribution < -0.4 is 0 Å². The normalized spacial score (nSPS) is 37.9. The van der Waals surface area contributed by atoms with E-state index in [-0.39, 0.29) is 0 Å². The lowest BCUT2D eigenvalue weighted by molar-refractivity contribution is -0.109. The van der Waals surface area contributed by atoms with Crippen LogP contribution >= 0.6 is 0 Å². The molecule has 0 spiro atoms. The smallest absolute Gasteiger partial charge is 0.123 e. The van der Waals surface area contributed by atoms with Crippen LogP contribution in [0.15, 0.2) is 0 Å². The summed E-state index contributed by atoms with van der Waals surface area (Å²) >= 11 is 0. The van der Waals surface area contributed by atoms with Gasteiger partial charge in [-0.05, 0) is 12.3 Å². The zero-order valence-corrected chi connectivity index (χ0v) is 4.55. The van der Waals surface area contributed by atoms with Crippen LogP contribution in [0.3, 0.4) is 0 Å². The molecular formula is C6H10O. The molecule has 1 fully saturated rings. The summed E-state index contributed by atoms with van der Waals surface area (Å²) in [4.78, 5) is 9.94. The first-order valence-electron chi connectivity index (χ1n) is 2.83. The van der Waals surface area contributed by atoms with Gasteiger partial charge in [-0.2, -0.15) is 0 Å². The van der Waals surface area contributed by atoms with Crippen molar-refractivity contribution in [2.45, 2.75) is 19.8 Å². The summed E-state index contributed by atoms with van der Waals surface area (Å²) < 4.78 is 0. The van der Waals surface area contributed by atoms with Crippen LogP contribution in [-0.4, -0.2) is 6.29 Å². The summed E-state index contributed by atoms with van der Waals surface area (Å²) in [7, 11) is 0. The van der Waals surface area contributed by atoms with Crippen molar-refractivity contribution in [1.29, 1.82) is 0 Å². The Morgan fingerprint density at radius 2 is 2.57 bits per heavy atom. The van der Waals surface area contributed by atoms with Crippen molar-refractivity contribution in [2.75, 3.05) is 0 Å². The fourth-order valence-electron chi connectivity index (χ4n) is 0.907. The lowest BCUT2D eigenvalue weighted by Gasteiger charge is -1.78. The first kappa shape index (κ1) is 4.82. The second kappa shape index (κ2) is 1.65. The molecule has 1 aliphatic carbocycles. The highest BCUT2D eigenvalue weighted by molar-refractivity contribution is 5.57. The number of hydrogen-bond donors (Lipinski definition) is 0. The van der Waals surface area contributed by atoms with E-state index in [2.05, 4.69) is 6.92 Å². The lowest BCUT2D eigenvalue weighted by atomic mass is 10.3. The zero-order valence-electron chi connectivity index (χ0n) is 4.55. The van der Waals surface area contributed by atoms with Crippen LogP contribution in [0.25, 0.3) is 0 Å². The van der Waals surface area contributed by atoms with E-state index in [1.807, 2.05) is 0 Å². The molecular weight excluding hydrogens is 88.1 g/mol. The van der Waals surface area contributed by atoms with E-state index in [0.717, 1.165) is 18.6 Å². The lowest BCUT2D eigenvalue weighted by Crippen LogP contribution is -1.78. The maximum atomic E-state index is 9.94. The van der Waals surface area contributed by atoms with Crippen LogP contribution in [-0.2, 0) is 4.79 Å². The Morgan fingerprint density at radius 1 is 1.86 bits per heavy atom. The van der Waals surface area contributed by atoms with E-state index in [1.54, 1.807) is 0 Å². The van der Waals surface area contributed by atoms with Crippen molar-refractivity contribution >= 4 is 6.29 Å². The summed E-state index contributed by atoms with van der Waals surface area (Å²) in [5, 5.41) is 0. The molecule has 0 aliphatic heterocycles. The fraction of sp³-hybridized carbons (Fsp3) is 0.833. The highest BCUT2D eigenvalue weighted by Crippen LogP contribution is 2.38. The Hall–Kier alpha value is -0.330. The molecule has 40 valence electrons. The molecule has 0 aromatic carbocycles. The average Bonchev–Trinajstić information content (AvgIpc) is 2.43. The van der Waals surface area contributed by atoms with Gasteiger partial charge in [0.1, 0.15) is 6.29 Å². The second-order valence-corrected chi connectivity index (χ2v) is 2.20. The van der Waals surface area contributed by atoms with Crippen molar-refractivity contribution in [2.24, 2.45) is 11.8 Å². The summed E-state index contributed by atoms with van der Waals surface area (Å²) in [6.07, 6.45) is 3.41. The van der Waals surface area contributed by atoms with E-state index in [1.165, 1.54) is 6.42 Å². The Labute approximate surface area is 43.7 Å². The highest BCUT2D eigenvalue weighted by atomic mass is 16.1. The van der Waals surface area contributed by atoms with Crippen LogP contribution in [0.1, 0.15) is 19.8 Å². The Kier molecular flexibility index (Phi) is 1.13. The fourth-order valence-corrected chi connectivity index (χ4v) is 0.907. The minimum Gasteiger partial charge on any atom is -0.303 e. The topological polar surface area (TPSA) is 17.1 Å². The number of carbonyl (C=O) groups is 1. The molecule has 7 heavy (non-hydrogen) atoms. The molecule has 1 rings (SSSR count). The molecule has 0 N–H and O–H groups in total. The largest absolute Gasteiger partial charge is 0.303 e. The molecule has 0 bridgehead atoms. The summed E-state index contributed by atoms with van der Waals surface area (Å²) in [5.74, 6) is 1.18. The Bertz CT molecular complexity index is 78.2. The Morgan fingerprint density at radius 3 is 2.71 bits per heavy atom. The molecule has 0 aromatic rings. The molecule has 0 aromatic heterocycles. The third-order valence-corrected chi connectivity index (χ3v) is 1.68. The average molecular weight is 98.1 g/mol. The number of hydrogen-bond acceptors (Lipinski definition) is 1. The van der Waals surface area contributed by atoms with E-state index >= 15 is 0 Å². The monoisotopic (exact) mass is 98.1 g/mol. The SMILES string of the molecule is CC[C@H]1C[C@@H]1C=O. The van der Waals surface area contributed by atoms with Gasteiger partial charge in [-0.25, -0.2) is 0 Å². The van der Waals surface area contributed by atoms with Gasteiger partial charge in [0.2, 0.25) is 0 Å². The standard InChI is InChI=1S/C6H10O/c1-2-5-3-6(5)4-7/h4-6H,2-3H2,1H3/t5-,6+/m0/s1. The molecule has 1 nitrogen and oxygen atoms in total. The van der Waals surface area contributed by atoms with Crippen molar-refractivity contribution < 1.29 is 4.79 Å². The molecule has 2 atom stereocenters. The van der Waals surface area contributed by atoms with Crippen LogP contribution in [0.5, 0.6) is 0 Å². The van der Waals surface area contributed by atoms with E-state index < -0.39 is 0 Å². The number of aldehydes is 1. The molecule has 1 saturated carbocycles. The summed E-state index contributed by atoms with van der Waals surface area (Å²) in [6, 6.07) is 0. The van der Waals surface area contributed by atoms with E-state index in [4.69, 9.17) is 0 Å². The third kappa shape index (κ3) is 0.817. The molecule has 1 heteroatoms. The van der Waals surface area contributed by atoms with Crippen molar-refractivity contribution in [3.8, 4) is 0 Å². The number of carbonyl (C=O) groups excluding carboxylic acids is 1. The van der Waals surface area contributed by atoms with Gasteiger partial charge < -0.3 is 4.79 Å². The van der Waals surface area contributed by atoms with Gasteiger partial charge >= 0.3 is 0 Å². The maximum Gasteiger partial charge on any atom is 0.123 e. The summed E-state index contributed by atoms with van der Waals surface area (Å²) in [5.41, 5.74) is 0. The van der Waals surface area contributed by atoms with Gasteiger partial charge in [0, 0.05) is 5.92 Å². The second-order valence-electron chi connectivity index (χ2n) is 2.20. The van der Waals surface area contributed by atoms with E-state index in [0.29, 0.717) is 5.92 Å². The quantitative estimate of drug-likeness (QED) is 0.475. The van der Waals surface area contributed by atoms with Crippen molar-refractivity contribution in [1.82, 2.24) is 0 Å². The van der Waals surface area contributed by atoms with Crippen LogP contribution in [0.4, 0.5) is 0 Å². The van der Waals surface area contributed by atoms with E-state index in [9.17, 15) is 4.79 Å². The van der Waals surface area contributed by atoms with Gasteiger partial charge in [-0.15, -0.1) is 0 Å². The van der Waals surface area contributed by atoms with Gasteiger partial charge in [-0.1, -0.05) is 13.3 Å². The van der Waals surface area contributed by atoms with Crippen LogP contribution in [0.2, 0.25) is 0 Å².